The highest BCUT2D eigenvalue weighted by Crippen LogP contribution is 2.25. The van der Waals surface area contributed by atoms with Gasteiger partial charge in [-0.25, -0.2) is 4.39 Å². The molecule has 0 aromatic heterocycles. The average Bonchev–Trinajstić information content (AvgIpc) is 2.26. The summed E-state index contributed by atoms with van der Waals surface area (Å²) < 4.78 is 18.5. The third-order valence-electron chi connectivity index (χ3n) is 1.82. The highest BCUT2D eigenvalue weighted by Gasteiger charge is 2.10. The van der Waals surface area contributed by atoms with Crippen LogP contribution in [0.4, 0.5) is 10.1 Å². The summed E-state index contributed by atoms with van der Waals surface area (Å²) in [5.74, 6) is 0.0680. The van der Waals surface area contributed by atoms with Crippen molar-refractivity contribution in [2.75, 3.05) is 19.0 Å². The van der Waals surface area contributed by atoms with Gasteiger partial charge < -0.3 is 4.74 Å². The van der Waals surface area contributed by atoms with Crippen LogP contribution in [0.3, 0.4) is 0 Å². The predicted molar refractivity (Wildman–Crippen MR) is 60.3 cm³/mol. The predicted octanol–water partition coefficient (Wildman–Crippen LogP) is 2.86. The molecule has 0 N–H and O–H groups in total. The van der Waals surface area contributed by atoms with Crippen molar-refractivity contribution in [3.63, 3.8) is 0 Å². The average molecular weight is 245 g/mol. The maximum Gasteiger partial charge on any atom is 0.272 e. The minimum atomic E-state index is -0.613. The van der Waals surface area contributed by atoms with Gasteiger partial charge in [-0.05, 0) is 13.0 Å². The first-order valence-corrected chi connectivity index (χ1v) is 5.78. The molecule has 0 aliphatic carbocycles. The van der Waals surface area contributed by atoms with Gasteiger partial charge in [0, 0.05) is 23.3 Å². The summed E-state index contributed by atoms with van der Waals surface area (Å²) in [5, 5.41) is 10.4. The van der Waals surface area contributed by atoms with E-state index in [0.717, 1.165) is 6.07 Å². The lowest BCUT2D eigenvalue weighted by molar-refractivity contribution is -0.385. The highest BCUT2D eigenvalue weighted by molar-refractivity contribution is 7.99. The van der Waals surface area contributed by atoms with Crippen LogP contribution in [0.15, 0.2) is 23.1 Å². The summed E-state index contributed by atoms with van der Waals surface area (Å²) >= 11 is 1.28. The molecule has 0 saturated heterocycles. The molecule has 0 heterocycles. The van der Waals surface area contributed by atoms with Crippen LogP contribution in [0.25, 0.3) is 0 Å². The van der Waals surface area contributed by atoms with E-state index in [4.69, 9.17) is 4.74 Å². The van der Waals surface area contributed by atoms with Gasteiger partial charge in [0.1, 0.15) is 5.82 Å². The van der Waals surface area contributed by atoms with Gasteiger partial charge in [-0.15, -0.1) is 11.8 Å². The minimum absolute atomic E-state index is 0.230. The van der Waals surface area contributed by atoms with E-state index >= 15 is 0 Å². The third kappa shape index (κ3) is 3.79. The molecule has 0 amide bonds. The Bertz CT molecular complexity index is 373. The molecule has 1 rings (SSSR count). The van der Waals surface area contributed by atoms with E-state index in [1.54, 1.807) is 0 Å². The Morgan fingerprint density at radius 1 is 1.56 bits per heavy atom. The van der Waals surface area contributed by atoms with Crippen LogP contribution in [0.2, 0.25) is 0 Å². The van der Waals surface area contributed by atoms with Crippen LogP contribution in [0.1, 0.15) is 6.92 Å². The lowest BCUT2D eigenvalue weighted by atomic mass is 10.3. The normalized spacial score (nSPS) is 10.4. The molecule has 0 saturated carbocycles. The second kappa shape index (κ2) is 6.44. The first kappa shape index (κ1) is 12.9. The molecular weight excluding hydrogens is 233 g/mol. The van der Waals surface area contributed by atoms with Crippen molar-refractivity contribution in [2.24, 2.45) is 0 Å². The van der Waals surface area contributed by atoms with E-state index in [1.807, 2.05) is 6.92 Å². The number of nitro benzene ring substituents is 1. The number of nitro groups is 1. The summed E-state index contributed by atoms with van der Waals surface area (Å²) in [7, 11) is 0. The fourth-order valence-electron chi connectivity index (χ4n) is 1.08. The summed E-state index contributed by atoms with van der Waals surface area (Å²) in [4.78, 5) is 10.2. The quantitative estimate of drug-likeness (QED) is 0.334. The van der Waals surface area contributed by atoms with Crippen LogP contribution < -0.4 is 0 Å². The molecule has 0 unspecified atom stereocenters. The Balaban J connectivity index is 2.57. The number of non-ortho nitro benzene ring substituents is 1. The molecule has 0 radical (unpaired) electrons. The topological polar surface area (TPSA) is 52.4 Å². The monoisotopic (exact) mass is 245 g/mol. The third-order valence-corrected chi connectivity index (χ3v) is 2.83. The first-order valence-electron chi connectivity index (χ1n) is 4.79. The Labute approximate surface area is 96.9 Å². The van der Waals surface area contributed by atoms with Crippen LogP contribution in [0.5, 0.6) is 0 Å². The molecular formula is C10H12FNO3S. The van der Waals surface area contributed by atoms with E-state index in [-0.39, 0.29) is 5.69 Å². The molecule has 1 aromatic rings. The number of benzene rings is 1. The molecule has 0 aliphatic heterocycles. The Morgan fingerprint density at radius 2 is 2.31 bits per heavy atom. The molecule has 0 fully saturated rings. The maximum atomic E-state index is 13.4. The molecule has 4 nitrogen and oxygen atoms in total. The molecule has 0 bridgehead atoms. The lowest BCUT2D eigenvalue weighted by Gasteiger charge is -2.03. The van der Waals surface area contributed by atoms with E-state index < -0.39 is 10.7 Å². The van der Waals surface area contributed by atoms with E-state index in [9.17, 15) is 14.5 Å². The summed E-state index contributed by atoms with van der Waals surface area (Å²) in [6.07, 6.45) is 0. The van der Waals surface area contributed by atoms with Crippen molar-refractivity contribution in [1.29, 1.82) is 0 Å². The smallest absolute Gasteiger partial charge is 0.272 e. The van der Waals surface area contributed by atoms with Gasteiger partial charge in [-0.3, -0.25) is 10.1 Å². The van der Waals surface area contributed by atoms with Crippen molar-refractivity contribution in [3.05, 3.63) is 34.1 Å². The summed E-state index contributed by atoms with van der Waals surface area (Å²) in [6, 6.07) is 3.65. The SMILES string of the molecule is CCOCCSc1ccc([N+](=O)[O-])cc1F. The van der Waals surface area contributed by atoms with Gasteiger partial charge in [-0.1, -0.05) is 0 Å². The van der Waals surface area contributed by atoms with Crippen LogP contribution >= 0.6 is 11.8 Å². The largest absolute Gasteiger partial charge is 0.381 e. The van der Waals surface area contributed by atoms with E-state index in [2.05, 4.69) is 0 Å². The first-order chi connectivity index (χ1) is 7.65. The lowest BCUT2D eigenvalue weighted by Crippen LogP contribution is -1.97. The highest BCUT2D eigenvalue weighted by atomic mass is 32.2. The van der Waals surface area contributed by atoms with Gasteiger partial charge in [0.25, 0.3) is 5.69 Å². The van der Waals surface area contributed by atoms with Crippen molar-refractivity contribution in [3.8, 4) is 0 Å². The fourth-order valence-corrected chi connectivity index (χ4v) is 1.86. The number of nitrogens with zero attached hydrogens (tertiary/aromatic N) is 1. The van der Waals surface area contributed by atoms with Crippen molar-refractivity contribution < 1.29 is 14.1 Å². The van der Waals surface area contributed by atoms with Crippen LogP contribution in [-0.2, 0) is 4.74 Å². The molecule has 0 spiro atoms. The second-order valence-corrected chi connectivity index (χ2v) is 4.05. The number of thioether (sulfide) groups is 1. The summed E-state index contributed by atoms with van der Waals surface area (Å²) in [6.45, 7) is 3.05. The van der Waals surface area contributed by atoms with Crippen molar-refractivity contribution >= 4 is 17.4 Å². The Kier molecular flexibility index (Phi) is 5.21. The van der Waals surface area contributed by atoms with Crippen LogP contribution in [-0.4, -0.2) is 23.9 Å². The van der Waals surface area contributed by atoms with Gasteiger partial charge in [0.15, 0.2) is 0 Å². The Morgan fingerprint density at radius 3 is 2.88 bits per heavy atom. The zero-order valence-corrected chi connectivity index (χ0v) is 9.63. The van der Waals surface area contributed by atoms with E-state index in [0.29, 0.717) is 23.9 Å². The van der Waals surface area contributed by atoms with Crippen molar-refractivity contribution in [2.45, 2.75) is 11.8 Å². The number of halogens is 1. The minimum Gasteiger partial charge on any atom is -0.381 e. The van der Waals surface area contributed by atoms with Gasteiger partial charge in [0.05, 0.1) is 17.6 Å². The molecule has 0 atom stereocenters. The molecule has 16 heavy (non-hydrogen) atoms. The molecule has 0 aliphatic rings. The number of hydrogen-bond donors (Lipinski definition) is 0. The van der Waals surface area contributed by atoms with Gasteiger partial charge >= 0.3 is 0 Å². The fraction of sp³-hybridized carbons (Fsp3) is 0.400. The van der Waals surface area contributed by atoms with Gasteiger partial charge in [-0.2, -0.15) is 0 Å². The zero-order valence-electron chi connectivity index (χ0n) is 8.81. The standard InChI is InChI=1S/C10H12FNO3S/c1-2-15-5-6-16-10-4-3-8(12(13)14)7-9(10)11/h3-4,7H,2,5-6H2,1H3. The number of ether oxygens (including phenoxy) is 1. The number of hydrogen-bond acceptors (Lipinski definition) is 4. The molecule has 88 valence electrons. The van der Waals surface area contributed by atoms with Crippen LogP contribution in [0, 0.1) is 15.9 Å². The Hall–Kier alpha value is -1.14. The zero-order chi connectivity index (χ0) is 12.0. The maximum absolute atomic E-state index is 13.4. The molecule has 6 heteroatoms. The second-order valence-electron chi connectivity index (χ2n) is 2.92. The van der Waals surface area contributed by atoms with Crippen molar-refractivity contribution in [1.82, 2.24) is 0 Å². The molecule has 1 aromatic carbocycles. The van der Waals surface area contributed by atoms with E-state index in [1.165, 1.54) is 23.9 Å². The van der Waals surface area contributed by atoms with Gasteiger partial charge in [0.2, 0.25) is 0 Å². The summed E-state index contributed by atoms with van der Waals surface area (Å²) in [5.41, 5.74) is -0.230. The number of rotatable bonds is 6.